The maximum absolute atomic E-state index is 3.71. The normalized spacial score (nSPS) is 11.0. The van der Waals surface area contributed by atoms with Gasteiger partial charge in [-0.25, -0.2) is 0 Å². The van der Waals surface area contributed by atoms with Crippen LogP contribution in [-0.4, -0.2) is 0 Å². The second kappa shape index (κ2) is 6.50. The molecule has 0 aromatic heterocycles. The summed E-state index contributed by atoms with van der Waals surface area (Å²) >= 11 is 3.71. The van der Waals surface area contributed by atoms with E-state index >= 15 is 0 Å². The number of benzene rings is 4. The lowest BCUT2D eigenvalue weighted by Crippen LogP contribution is -1.92. The Morgan fingerprint density at radius 1 is 0.600 bits per heavy atom. The van der Waals surface area contributed by atoms with Crippen LogP contribution < -0.4 is 0 Å². The largest absolute Gasteiger partial charge is 0.0616 e. The highest BCUT2D eigenvalue weighted by Crippen LogP contribution is 2.38. The smallest absolute Gasteiger partial charge is 0.0253 e. The van der Waals surface area contributed by atoms with Gasteiger partial charge in [0.2, 0.25) is 0 Å². The van der Waals surface area contributed by atoms with Gasteiger partial charge in [0, 0.05) is 4.47 Å². The number of hydrogen-bond donors (Lipinski definition) is 0. The first-order chi connectivity index (χ1) is 12.1. The fourth-order valence-electron chi connectivity index (χ4n) is 3.56. The highest BCUT2D eigenvalue weighted by atomic mass is 79.9. The molecular weight excluding hydrogens is 368 g/mol. The Morgan fingerprint density at radius 2 is 1.20 bits per heavy atom. The molecule has 0 atom stereocenters. The Bertz CT molecular complexity index is 1070. The molecule has 0 heterocycles. The van der Waals surface area contributed by atoms with Crippen molar-refractivity contribution in [3.63, 3.8) is 0 Å². The van der Waals surface area contributed by atoms with E-state index in [-0.39, 0.29) is 0 Å². The molecule has 4 aromatic carbocycles. The molecule has 1 heteroatoms. The molecule has 0 amide bonds. The molecule has 4 rings (SSSR count). The molecule has 0 aliphatic rings. The predicted octanol–water partition coefficient (Wildman–Crippen LogP) is 7.55. The standard InChI is InChI=1S/C24H19Br/c1-16-14-22(20-12-7-9-18-8-3-4-10-19(18)20)17(2)23(15-16)21-11-5-6-13-24(21)25/h3-15H,1-2H3. The van der Waals surface area contributed by atoms with E-state index in [1.807, 2.05) is 0 Å². The summed E-state index contributed by atoms with van der Waals surface area (Å²) in [4.78, 5) is 0. The van der Waals surface area contributed by atoms with Crippen LogP contribution >= 0.6 is 15.9 Å². The van der Waals surface area contributed by atoms with Crippen molar-refractivity contribution >= 4 is 26.7 Å². The van der Waals surface area contributed by atoms with Gasteiger partial charge in [0.1, 0.15) is 0 Å². The summed E-state index contributed by atoms with van der Waals surface area (Å²) in [6.07, 6.45) is 0. The van der Waals surface area contributed by atoms with E-state index in [0.29, 0.717) is 0 Å². The highest BCUT2D eigenvalue weighted by molar-refractivity contribution is 9.10. The third kappa shape index (κ3) is 2.89. The fourth-order valence-corrected chi connectivity index (χ4v) is 4.06. The molecule has 4 aromatic rings. The summed E-state index contributed by atoms with van der Waals surface area (Å²) in [6.45, 7) is 4.40. The number of halogens is 1. The zero-order valence-electron chi connectivity index (χ0n) is 14.4. The van der Waals surface area contributed by atoms with Crippen LogP contribution in [0.2, 0.25) is 0 Å². The Labute approximate surface area is 157 Å². The number of hydrogen-bond acceptors (Lipinski definition) is 0. The minimum Gasteiger partial charge on any atom is -0.0616 e. The Balaban J connectivity index is 2.02. The van der Waals surface area contributed by atoms with Crippen molar-refractivity contribution in [3.05, 3.63) is 94.5 Å². The third-order valence-electron chi connectivity index (χ3n) is 4.80. The maximum atomic E-state index is 3.71. The van der Waals surface area contributed by atoms with Gasteiger partial charge in [-0.3, -0.25) is 0 Å². The van der Waals surface area contributed by atoms with Crippen molar-refractivity contribution in [2.24, 2.45) is 0 Å². The number of rotatable bonds is 2. The molecule has 0 saturated carbocycles. The number of fused-ring (bicyclic) bond motifs is 1. The Kier molecular flexibility index (Phi) is 4.19. The lowest BCUT2D eigenvalue weighted by Gasteiger charge is -2.16. The van der Waals surface area contributed by atoms with Crippen LogP contribution in [0.1, 0.15) is 11.1 Å². The van der Waals surface area contributed by atoms with Crippen molar-refractivity contribution in [2.75, 3.05) is 0 Å². The van der Waals surface area contributed by atoms with Gasteiger partial charge < -0.3 is 0 Å². The van der Waals surface area contributed by atoms with Crippen LogP contribution in [0.3, 0.4) is 0 Å². The van der Waals surface area contributed by atoms with Crippen LogP contribution in [0.4, 0.5) is 0 Å². The van der Waals surface area contributed by atoms with Crippen LogP contribution in [0.15, 0.2) is 83.3 Å². The van der Waals surface area contributed by atoms with Crippen molar-refractivity contribution in [1.29, 1.82) is 0 Å². The Morgan fingerprint density at radius 3 is 2.00 bits per heavy atom. The summed E-state index contributed by atoms with van der Waals surface area (Å²) in [5.41, 5.74) is 7.73. The lowest BCUT2D eigenvalue weighted by atomic mass is 9.89. The fraction of sp³-hybridized carbons (Fsp3) is 0.0833. The van der Waals surface area contributed by atoms with E-state index < -0.39 is 0 Å². The average molecular weight is 387 g/mol. The first-order valence-electron chi connectivity index (χ1n) is 8.49. The van der Waals surface area contributed by atoms with Gasteiger partial charge in [0.25, 0.3) is 0 Å². The van der Waals surface area contributed by atoms with Gasteiger partial charge in [-0.15, -0.1) is 0 Å². The molecule has 0 aliphatic heterocycles. The molecular formula is C24H19Br. The maximum Gasteiger partial charge on any atom is 0.0253 e. The van der Waals surface area contributed by atoms with Gasteiger partial charge in [-0.1, -0.05) is 88.7 Å². The second-order valence-electron chi connectivity index (χ2n) is 6.49. The van der Waals surface area contributed by atoms with E-state index in [0.717, 1.165) is 4.47 Å². The molecule has 0 fully saturated rings. The summed E-state index contributed by atoms with van der Waals surface area (Å²) in [6, 6.07) is 28.2. The van der Waals surface area contributed by atoms with Crippen LogP contribution in [0.25, 0.3) is 33.0 Å². The van der Waals surface area contributed by atoms with Crippen molar-refractivity contribution in [3.8, 4) is 22.3 Å². The predicted molar refractivity (Wildman–Crippen MR) is 112 cm³/mol. The van der Waals surface area contributed by atoms with Crippen LogP contribution in [-0.2, 0) is 0 Å². The quantitative estimate of drug-likeness (QED) is 0.333. The monoisotopic (exact) mass is 386 g/mol. The van der Waals surface area contributed by atoms with E-state index in [9.17, 15) is 0 Å². The lowest BCUT2D eigenvalue weighted by molar-refractivity contribution is 1.39. The minimum absolute atomic E-state index is 1.13. The molecule has 0 nitrogen and oxygen atoms in total. The van der Waals surface area contributed by atoms with Crippen LogP contribution in [0.5, 0.6) is 0 Å². The van der Waals surface area contributed by atoms with E-state index in [4.69, 9.17) is 0 Å². The Hall–Kier alpha value is -2.38. The first kappa shape index (κ1) is 16.1. The minimum atomic E-state index is 1.13. The molecule has 0 bridgehead atoms. The first-order valence-corrected chi connectivity index (χ1v) is 9.29. The molecule has 0 saturated heterocycles. The van der Waals surface area contributed by atoms with E-state index in [1.54, 1.807) is 0 Å². The molecule has 25 heavy (non-hydrogen) atoms. The zero-order chi connectivity index (χ0) is 17.4. The molecule has 0 aliphatic carbocycles. The highest BCUT2D eigenvalue weighted by Gasteiger charge is 2.13. The molecule has 122 valence electrons. The number of aryl methyl sites for hydroxylation is 1. The van der Waals surface area contributed by atoms with Gasteiger partial charge in [-0.2, -0.15) is 0 Å². The summed E-state index contributed by atoms with van der Waals surface area (Å²) in [7, 11) is 0. The van der Waals surface area contributed by atoms with Gasteiger partial charge >= 0.3 is 0 Å². The molecule has 0 spiro atoms. The van der Waals surface area contributed by atoms with Crippen molar-refractivity contribution in [2.45, 2.75) is 13.8 Å². The third-order valence-corrected chi connectivity index (χ3v) is 5.49. The SMILES string of the molecule is Cc1cc(-c2ccccc2Br)c(C)c(-c2cccc3ccccc23)c1. The van der Waals surface area contributed by atoms with Crippen molar-refractivity contribution < 1.29 is 0 Å². The molecule has 0 unspecified atom stereocenters. The summed E-state index contributed by atoms with van der Waals surface area (Å²) in [5, 5.41) is 2.58. The van der Waals surface area contributed by atoms with E-state index in [2.05, 4.69) is 109 Å². The van der Waals surface area contributed by atoms with E-state index in [1.165, 1.54) is 44.2 Å². The molecule has 0 radical (unpaired) electrons. The van der Waals surface area contributed by atoms with Gasteiger partial charge in [-0.05, 0) is 64.1 Å². The van der Waals surface area contributed by atoms with Gasteiger partial charge in [0.15, 0.2) is 0 Å². The summed E-state index contributed by atoms with van der Waals surface area (Å²) in [5.74, 6) is 0. The van der Waals surface area contributed by atoms with Crippen molar-refractivity contribution in [1.82, 2.24) is 0 Å². The molecule has 0 N–H and O–H groups in total. The van der Waals surface area contributed by atoms with Gasteiger partial charge in [0.05, 0.1) is 0 Å². The summed E-state index contributed by atoms with van der Waals surface area (Å²) < 4.78 is 1.13. The zero-order valence-corrected chi connectivity index (χ0v) is 16.0. The van der Waals surface area contributed by atoms with Crippen LogP contribution in [0, 0.1) is 13.8 Å². The second-order valence-corrected chi connectivity index (χ2v) is 7.35. The topological polar surface area (TPSA) is 0 Å². The average Bonchev–Trinajstić information content (AvgIpc) is 2.63.